The van der Waals surface area contributed by atoms with Crippen LogP contribution in [0, 0.1) is 0 Å². The first-order chi connectivity index (χ1) is 7.75. The highest BCUT2D eigenvalue weighted by atomic mass is 16.5. The van der Waals surface area contributed by atoms with E-state index in [1.165, 1.54) is 19.4 Å². The molecule has 0 spiro atoms. The number of hydrogen-bond acceptors (Lipinski definition) is 4. The fourth-order valence-electron chi connectivity index (χ4n) is 2.18. The van der Waals surface area contributed by atoms with Crippen LogP contribution in [0.4, 0.5) is 0 Å². The van der Waals surface area contributed by atoms with Crippen molar-refractivity contribution >= 4 is 0 Å². The molecule has 2 heterocycles. The average molecular weight is 223 g/mol. The summed E-state index contributed by atoms with van der Waals surface area (Å²) in [6.45, 7) is 7.57. The van der Waals surface area contributed by atoms with Crippen LogP contribution in [0.2, 0.25) is 0 Å². The first kappa shape index (κ1) is 11.6. The van der Waals surface area contributed by atoms with Crippen molar-refractivity contribution in [2.45, 2.75) is 45.3 Å². The second-order valence-corrected chi connectivity index (χ2v) is 4.80. The van der Waals surface area contributed by atoms with Crippen molar-refractivity contribution in [3.05, 3.63) is 18.0 Å². The predicted octanol–water partition coefficient (Wildman–Crippen LogP) is 1.64. The molecule has 1 aromatic heterocycles. The summed E-state index contributed by atoms with van der Waals surface area (Å²) in [6, 6.07) is 3.12. The van der Waals surface area contributed by atoms with E-state index in [2.05, 4.69) is 29.2 Å². The second-order valence-electron chi connectivity index (χ2n) is 4.80. The van der Waals surface area contributed by atoms with E-state index < -0.39 is 0 Å². The summed E-state index contributed by atoms with van der Waals surface area (Å²) in [5.74, 6) is 0.951. The van der Waals surface area contributed by atoms with E-state index in [1.807, 2.05) is 6.07 Å². The van der Waals surface area contributed by atoms with Crippen LogP contribution >= 0.6 is 0 Å². The molecule has 4 heteroatoms. The molecule has 1 atom stereocenters. The molecular formula is C12H21N3O. The van der Waals surface area contributed by atoms with Gasteiger partial charge in [0, 0.05) is 24.7 Å². The number of rotatable bonds is 5. The van der Waals surface area contributed by atoms with Crippen LogP contribution in [-0.4, -0.2) is 35.2 Å². The Hall–Kier alpha value is -0.870. The molecule has 0 aliphatic carbocycles. The van der Waals surface area contributed by atoms with Crippen LogP contribution in [0.25, 0.3) is 0 Å². The zero-order valence-corrected chi connectivity index (χ0v) is 10.1. The molecule has 1 aliphatic heterocycles. The van der Waals surface area contributed by atoms with Crippen molar-refractivity contribution in [2.75, 3.05) is 13.1 Å². The van der Waals surface area contributed by atoms with E-state index in [1.54, 1.807) is 6.20 Å². The molecule has 1 N–H and O–H groups in total. The molecule has 0 saturated carbocycles. The summed E-state index contributed by atoms with van der Waals surface area (Å²) < 4.78 is 5.17. The highest BCUT2D eigenvalue weighted by Gasteiger charge is 2.20. The first-order valence-electron chi connectivity index (χ1n) is 6.12. The van der Waals surface area contributed by atoms with Gasteiger partial charge < -0.3 is 9.84 Å². The zero-order chi connectivity index (χ0) is 11.4. The Morgan fingerprint density at radius 2 is 2.50 bits per heavy atom. The summed E-state index contributed by atoms with van der Waals surface area (Å²) >= 11 is 0. The summed E-state index contributed by atoms with van der Waals surface area (Å²) in [4.78, 5) is 2.43. The normalized spacial score (nSPS) is 21.1. The van der Waals surface area contributed by atoms with Gasteiger partial charge in [0.05, 0.1) is 12.7 Å². The molecule has 1 aliphatic rings. The highest BCUT2D eigenvalue weighted by molar-refractivity contribution is 4.93. The fraction of sp³-hybridized carbons (Fsp3) is 0.750. The third kappa shape index (κ3) is 3.06. The molecule has 0 aromatic carbocycles. The molecule has 16 heavy (non-hydrogen) atoms. The molecule has 0 bridgehead atoms. The maximum absolute atomic E-state index is 5.17. The Morgan fingerprint density at radius 1 is 1.62 bits per heavy atom. The summed E-state index contributed by atoms with van der Waals surface area (Å²) in [5.41, 5.74) is 0. The Kier molecular flexibility index (Phi) is 3.96. The maximum atomic E-state index is 5.17. The molecule has 90 valence electrons. The third-order valence-electron chi connectivity index (χ3n) is 3.20. The minimum absolute atomic E-state index is 0.535. The van der Waals surface area contributed by atoms with Crippen LogP contribution in [0.3, 0.4) is 0 Å². The minimum atomic E-state index is 0.535. The largest absolute Gasteiger partial charge is 0.360 e. The lowest BCUT2D eigenvalue weighted by Gasteiger charge is -2.28. The van der Waals surface area contributed by atoms with Gasteiger partial charge in [0.25, 0.3) is 0 Å². The van der Waals surface area contributed by atoms with Crippen molar-refractivity contribution in [1.82, 2.24) is 15.4 Å². The van der Waals surface area contributed by atoms with Crippen molar-refractivity contribution in [3.8, 4) is 0 Å². The highest BCUT2D eigenvalue weighted by Crippen LogP contribution is 2.12. The third-order valence-corrected chi connectivity index (χ3v) is 3.20. The Labute approximate surface area is 97.0 Å². The van der Waals surface area contributed by atoms with Crippen LogP contribution in [0.1, 0.15) is 32.4 Å². The van der Waals surface area contributed by atoms with Crippen LogP contribution in [0.5, 0.6) is 0 Å². The van der Waals surface area contributed by atoms with Gasteiger partial charge in [-0.25, -0.2) is 0 Å². The van der Waals surface area contributed by atoms with E-state index in [0.717, 1.165) is 18.8 Å². The molecule has 1 saturated heterocycles. The standard InChI is InChI=1S/C12H21N3O/c1-10(2)15(8-11-4-3-6-13-11)9-12-5-7-14-16-12/h5,7,10-11,13H,3-4,6,8-9H2,1-2H3. The van der Waals surface area contributed by atoms with Crippen molar-refractivity contribution in [3.63, 3.8) is 0 Å². The molecule has 1 unspecified atom stereocenters. The van der Waals surface area contributed by atoms with E-state index in [4.69, 9.17) is 4.52 Å². The Balaban J connectivity index is 1.89. The number of nitrogens with one attached hydrogen (secondary N) is 1. The summed E-state index contributed by atoms with van der Waals surface area (Å²) in [5, 5.41) is 7.28. The molecular weight excluding hydrogens is 202 g/mol. The molecule has 1 fully saturated rings. The van der Waals surface area contributed by atoms with Gasteiger partial charge >= 0.3 is 0 Å². The minimum Gasteiger partial charge on any atom is -0.360 e. The van der Waals surface area contributed by atoms with Gasteiger partial charge in [-0.15, -0.1) is 0 Å². The van der Waals surface area contributed by atoms with E-state index in [9.17, 15) is 0 Å². The maximum Gasteiger partial charge on any atom is 0.150 e. The summed E-state index contributed by atoms with van der Waals surface area (Å²) in [6.07, 6.45) is 4.31. The van der Waals surface area contributed by atoms with Gasteiger partial charge in [-0.1, -0.05) is 5.16 Å². The fourth-order valence-corrected chi connectivity index (χ4v) is 2.18. The molecule has 1 aromatic rings. The van der Waals surface area contributed by atoms with E-state index in [0.29, 0.717) is 12.1 Å². The monoisotopic (exact) mass is 223 g/mol. The number of aromatic nitrogens is 1. The SMILES string of the molecule is CC(C)N(Cc1ccno1)CC1CCCN1. The number of hydrogen-bond donors (Lipinski definition) is 1. The lowest BCUT2D eigenvalue weighted by Crippen LogP contribution is -2.40. The van der Waals surface area contributed by atoms with Gasteiger partial charge in [-0.05, 0) is 33.2 Å². The number of nitrogens with zero attached hydrogens (tertiary/aromatic N) is 2. The average Bonchev–Trinajstić information content (AvgIpc) is 2.88. The smallest absolute Gasteiger partial charge is 0.150 e. The second kappa shape index (κ2) is 5.46. The quantitative estimate of drug-likeness (QED) is 0.824. The lowest BCUT2D eigenvalue weighted by atomic mass is 10.2. The summed E-state index contributed by atoms with van der Waals surface area (Å²) in [7, 11) is 0. The van der Waals surface area contributed by atoms with Crippen LogP contribution < -0.4 is 5.32 Å². The van der Waals surface area contributed by atoms with Gasteiger partial charge in [0.15, 0.2) is 5.76 Å². The predicted molar refractivity (Wildman–Crippen MR) is 63.1 cm³/mol. The van der Waals surface area contributed by atoms with Gasteiger partial charge in [-0.3, -0.25) is 4.90 Å². The lowest BCUT2D eigenvalue weighted by molar-refractivity contribution is 0.173. The van der Waals surface area contributed by atoms with Crippen molar-refractivity contribution in [1.29, 1.82) is 0 Å². The van der Waals surface area contributed by atoms with Crippen molar-refractivity contribution in [2.24, 2.45) is 0 Å². The van der Waals surface area contributed by atoms with E-state index in [-0.39, 0.29) is 0 Å². The zero-order valence-electron chi connectivity index (χ0n) is 10.1. The van der Waals surface area contributed by atoms with Gasteiger partial charge in [-0.2, -0.15) is 0 Å². The first-order valence-corrected chi connectivity index (χ1v) is 6.12. The molecule has 0 radical (unpaired) electrons. The van der Waals surface area contributed by atoms with Crippen molar-refractivity contribution < 1.29 is 4.52 Å². The van der Waals surface area contributed by atoms with Gasteiger partial charge in [0.1, 0.15) is 0 Å². The topological polar surface area (TPSA) is 41.3 Å². The van der Waals surface area contributed by atoms with Crippen LogP contribution in [-0.2, 0) is 6.54 Å². The molecule has 4 nitrogen and oxygen atoms in total. The Morgan fingerprint density at radius 3 is 3.06 bits per heavy atom. The van der Waals surface area contributed by atoms with Crippen LogP contribution in [0.15, 0.2) is 16.8 Å². The molecule has 0 amide bonds. The Bertz CT molecular complexity index is 291. The van der Waals surface area contributed by atoms with Gasteiger partial charge in [0.2, 0.25) is 0 Å². The van der Waals surface area contributed by atoms with E-state index >= 15 is 0 Å². The molecule has 2 rings (SSSR count).